The smallest absolute Gasteiger partial charge is 0.161 e. The number of nitrogens with zero attached hydrogens (tertiary/aromatic N) is 3. The number of anilines is 1. The van der Waals surface area contributed by atoms with Crippen molar-refractivity contribution < 1.29 is 9.47 Å². The van der Waals surface area contributed by atoms with E-state index in [0.29, 0.717) is 13.2 Å². The van der Waals surface area contributed by atoms with Crippen LogP contribution in [0.1, 0.15) is 12.8 Å². The third kappa shape index (κ3) is 3.74. The van der Waals surface area contributed by atoms with Crippen molar-refractivity contribution in [2.45, 2.75) is 12.8 Å². The van der Waals surface area contributed by atoms with Gasteiger partial charge in [0.25, 0.3) is 0 Å². The van der Waals surface area contributed by atoms with Crippen molar-refractivity contribution in [2.24, 2.45) is 5.92 Å². The first-order valence-corrected chi connectivity index (χ1v) is 9.67. The van der Waals surface area contributed by atoms with Crippen molar-refractivity contribution in [1.82, 2.24) is 9.88 Å². The summed E-state index contributed by atoms with van der Waals surface area (Å²) in [6, 6.07) is 8.42. The summed E-state index contributed by atoms with van der Waals surface area (Å²) in [6.45, 7) is 7.14. The molecule has 5 heteroatoms. The molecule has 27 heavy (non-hydrogen) atoms. The van der Waals surface area contributed by atoms with Crippen LogP contribution in [0.25, 0.3) is 11.1 Å². The summed E-state index contributed by atoms with van der Waals surface area (Å²) in [5.74, 6) is 2.44. The lowest BCUT2D eigenvalue weighted by atomic mass is 9.98. The molecule has 3 aliphatic heterocycles. The van der Waals surface area contributed by atoms with Crippen molar-refractivity contribution in [1.29, 1.82) is 0 Å². The van der Waals surface area contributed by atoms with E-state index >= 15 is 0 Å². The Morgan fingerprint density at radius 2 is 1.78 bits per heavy atom. The van der Waals surface area contributed by atoms with Crippen LogP contribution in [0.2, 0.25) is 0 Å². The van der Waals surface area contributed by atoms with Gasteiger partial charge in [-0.3, -0.25) is 4.98 Å². The number of hydrogen-bond donors (Lipinski definition) is 0. The molecule has 5 rings (SSSR count). The molecule has 0 saturated carbocycles. The molecule has 2 bridgehead atoms. The van der Waals surface area contributed by atoms with Gasteiger partial charge < -0.3 is 19.3 Å². The Labute approximate surface area is 161 Å². The minimum Gasteiger partial charge on any atom is -0.486 e. The van der Waals surface area contributed by atoms with E-state index in [4.69, 9.17) is 9.47 Å². The number of pyridine rings is 1. The summed E-state index contributed by atoms with van der Waals surface area (Å²) in [5.41, 5.74) is 3.49. The molecular weight excluding hydrogens is 338 g/mol. The Morgan fingerprint density at radius 3 is 2.70 bits per heavy atom. The Morgan fingerprint density at radius 1 is 0.889 bits per heavy atom. The van der Waals surface area contributed by atoms with Gasteiger partial charge in [-0.1, -0.05) is 13.5 Å². The highest BCUT2D eigenvalue weighted by molar-refractivity contribution is 5.70. The molecule has 1 aromatic heterocycles. The summed E-state index contributed by atoms with van der Waals surface area (Å²) >= 11 is 0. The average Bonchev–Trinajstić information content (AvgIpc) is 2.85. The van der Waals surface area contributed by atoms with Gasteiger partial charge in [-0.25, -0.2) is 0 Å². The number of piperidine rings is 1. The summed E-state index contributed by atoms with van der Waals surface area (Å²) in [6.07, 6.45) is 6.64. The monoisotopic (exact) mass is 365 g/mol. The Hall–Kier alpha value is -2.27. The van der Waals surface area contributed by atoms with Crippen LogP contribution in [-0.2, 0) is 0 Å². The molecule has 0 aliphatic carbocycles. The van der Waals surface area contributed by atoms with Gasteiger partial charge in [0.2, 0.25) is 0 Å². The first-order chi connectivity index (χ1) is 12.8. The predicted molar refractivity (Wildman–Crippen MR) is 107 cm³/mol. The van der Waals surface area contributed by atoms with Crippen LogP contribution in [0.5, 0.6) is 11.5 Å². The summed E-state index contributed by atoms with van der Waals surface area (Å²) in [5, 5.41) is 0. The second kappa shape index (κ2) is 7.77. The molecule has 2 saturated heterocycles. The zero-order valence-electron chi connectivity index (χ0n) is 15.8. The molecule has 2 radical (unpaired) electrons. The molecule has 0 spiro atoms. The molecule has 2 fully saturated rings. The van der Waals surface area contributed by atoms with E-state index in [1.807, 2.05) is 18.5 Å². The second-order valence-electron chi connectivity index (χ2n) is 7.55. The van der Waals surface area contributed by atoms with E-state index in [9.17, 15) is 0 Å². The van der Waals surface area contributed by atoms with Crippen molar-refractivity contribution >= 4 is 5.69 Å². The summed E-state index contributed by atoms with van der Waals surface area (Å²) in [4.78, 5) is 9.67. The quantitative estimate of drug-likeness (QED) is 0.816. The van der Waals surface area contributed by atoms with Gasteiger partial charge in [-0.05, 0) is 49.1 Å². The topological polar surface area (TPSA) is 37.8 Å². The Bertz CT molecular complexity index is 795. The number of ether oxygens (including phenoxy) is 2. The maximum Gasteiger partial charge on any atom is 0.161 e. The first-order valence-electron chi connectivity index (χ1n) is 9.67. The largest absolute Gasteiger partial charge is 0.486 e. The third-order valence-electron chi connectivity index (χ3n) is 5.73. The van der Waals surface area contributed by atoms with Crippen molar-refractivity contribution in [3.05, 3.63) is 44.1 Å². The van der Waals surface area contributed by atoms with Gasteiger partial charge in [-0.15, -0.1) is 0 Å². The van der Waals surface area contributed by atoms with Crippen molar-refractivity contribution in [2.75, 3.05) is 50.8 Å². The molecule has 4 heterocycles. The van der Waals surface area contributed by atoms with Crippen LogP contribution < -0.4 is 14.4 Å². The zero-order valence-corrected chi connectivity index (χ0v) is 15.8. The fourth-order valence-electron chi connectivity index (χ4n) is 4.38. The van der Waals surface area contributed by atoms with Gasteiger partial charge in [0, 0.05) is 37.9 Å². The highest BCUT2D eigenvalue weighted by atomic mass is 16.6. The molecular formula is C22H27N3O2. The fourth-order valence-corrected chi connectivity index (χ4v) is 4.38. The lowest BCUT2D eigenvalue weighted by molar-refractivity contribution is 0.171. The van der Waals surface area contributed by atoms with Gasteiger partial charge >= 0.3 is 0 Å². The Kier molecular flexibility index (Phi) is 5.21. The molecule has 142 valence electrons. The standard InChI is InChI=1S/C21H25N3O2.CH2/c1-2-16-14-23(5-1)6-7-24(15-16)19-10-18(12-22-13-19)17-3-4-20-21(11-17)26-9-8-25-20;/h3-4,10-13,16H,1-2,5-9,14-15H2;1H2. The van der Waals surface area contributed by atoms with Crippen LogP contribution in [0.4, 0.5) is 5.69 Å². The summed E-state index contributed by atoms with van der Waals surface area (Å²) < 4.78 is 11.4. The lowest BCUT2D eigenvalue weighted by Crippen LogP contribution is -2.35. The van der Waals surface area contributed by atoms with Crippen LogP contribution >= 0.6 is 0 Å². The first kappa shape index (κ1) is 18.1. The third-order valence-corrected chi connectivity index (χ3v) is 5.73. The van der Waals surface area contributed by atoms with Crippen molar-refractivity contribution in [3.8, 4) is 22.6 Å². The number of benzene rings is 1. The lowest BCUT2D eigenvalue weighted by Gasteiger charge is -2.29. The van der Waals surface area contributed by atoms with E-state index in [1.165, 1.54) is 31.6 Å². The molecule has 0 N–H and O–H groups in total. The van der Waals surface area contributed by atoms with E-state index in [-0.39, 0.29) is 7.43 Å². The van der Waals surface area contributed by atoms with Crippen LogP contribution in [0.15, 0.2) is 36.7 Å². The SMILES string of the molecule is [CH2].c1cc2c(cc1-c1cncc(N3CCN4CCCC(C4)C3)c1)OCCO2. The van der Waals surface area contributed by atoms with E-state index in [1.54, 1.807) is 0 Å². The maximum atomic E-state index is 5.73. The van der Waals surface area contributed by atoms with Gasteiger partial charge in [0.15, 0.2) is 11.5 Å². The van der Waals surface area contributed by atoms with Crippen LogP contribution in [-0.4, -0.2) is 55.8 Å². The number of aromatic nitrogens is 1. The molecule has 0 amide bonds. The number of hydrogen-bond acceptors (Lipinski definition) is 5. The molecule has 2 aromatic rings. The number of fused-ring (bicyclic) bond motifs is 3. The normalized spacial score (nSPS) is 23.9. The number of rotatable bonds is 2. The fraction of sp³-hybridized carbons (Fsp3) is 0.455. The maximum absolute atomic E-state index is 5.73. The van der Waals surface area contributed by atoms with E-state index in [2.05, 4.69) is 33.0 Å². The van der Waals surface area contributed by atoms with Gasteiger partial charge in [-0.2, -0.15) is 0 Å². The minimum atomic E-state index is 0. The summed E-state index contributed by atoms with van der Waals surface area (Å²) in [7, 11) is 0. The van der Waals surface area contributed by atoms with E-state index in [0.717, 1.165) is 48.2 Å². The minimum absolute atomic E-state index is 0. The molecule has 5 nitrogen and oxygen atoms in total. The average molecular weight is 365 g/mol. The van der Waals surface area contributed by atoms with Crippen LogP contribution in [0.3, 0.4) is 0 Å². The molecule has 3 aliphatic rings. The van der Waals surface area contributed by atoms with Crippen molar-refractivity contribution in [3.63, 3.8) is 0 Å². The molecule has 2 atom stereocenters. The zero-order chi connectivity index (χ0) is 17.3. The second-order valence-corrected chi connectivity index (χ2v) is 7.55. The predicted octanol–water partition coefficient (Wildman–Crippen LogP) is 3.38. The highest BCUT2D eigenvalue weighted by Gasteiger charge is 2.26. The van der Waals surface area contributed by atoms with Gasteiger partial charge in [0.1, 0.15) is 13.2 Å². The van der Waals surface area contributed by atoms with Gasteiger partial charge in [0.05, 0.1) is 11.9 Å². The van der Waals surface area contributed by atoms with Crippen LogP contribution in [0, 0.1) is 13.3 Å². The molecule has 1 aromatic carbocycles. The Balaban J connectivity index is 0.00000180. The van der Waals surface area contributed by atoms with E-state index < -0.39 is 0 Å². The molecule has 2 unspecified atom stereocenters. The highest BCUT2D eigenvalue weighted by Crippen LogP contribution is 2.35.